The molecule has 4 rings (SSSR count). The molecule has 1 amide bonds. The fourth-order valence-corrected chi connectivity index (χ4v) is 4.00. The van der Waals surface area contributed by atoms with Gasteiger partial charge in [0, 0.05) is 38.7 Å². The molecule has 1 spiro atoms. The number of rotatable bonds is 7. The van der Waals surface area contributed by atoms with Crippen molar-refractivity contribution >= 4 is 5.91 Å². The number of likely N-dealkylation sites (tertiary alicyclic amines) is 1. The summed E-state index contributed by atoms with van der Waals surface area (Å²) in [5.74, 6) is -0.0516. The predicted octanol–water partition coefficient (Wildman–Crippen LogP) is 1.82. The molecular weight excluding hydrogens is 372 g/mol. The van der Waals surface area contributed by atoms with Crippen LogP contribution in [0.1, 0.15) is 34.5 Å². The van der Waals surface area contributed by atoms with Crippen molar-refractivity contribution in [1.82, 2.24) is 19.7 Å². The minimum absolute atomic E-state index is 0.0516. The van der Waals surface area contributed by atoms with Crippen molar-refractivity contribution in [3.63, 3.8) is 0 Å². The minimum Gasteiger partial charge on any atom is -0.383 e. The second kappa shape index (κ2) is 8.61. The molecule has 8 heteroatoms. The highest BCUT2D eigenvalue weighted by atomic mass is 16.5. The van der Waals surface area contributed by atoms with Crippen LogP contribution in [0.4, 0.5) is 0 Å². The van der Waals surface area contributed by atoms with E-state index in [-0.39, 0.29) is 17.6 Å². The number of carbonyl (C=O) groups excluding carboxylic acids is 1. The molecule has 8 nitrogen and oxygen atoms in total. The van der Waals surface area contributed by atoms with Crippen LogP contribution in [0.3, 0.4) is 0 Å². The number of methoxy groups -OCH3 is 1. The van der Waals surface area contributed by atoms with Crippen LogP contribution < -0.4 is 0 Å². The maximum atomic E-state index is 12.7. The highest BCUT2D eigenvalue weighted by Gasteiger charge is 2.50. The van der Waals surface area contributed by atoms with Gasteiger partial charge in [-0.05, 0) is 30.5 Å². The monoisotopic (exact) mass is 400 g/mol. The lowest BCUT2D eigenvalue weighted by Crippen LogP contribution is -2.67. The molecule has 2 fully saturated rings. The molecule has 1 unspecified atom stereocenters. The summed E-state index contributed by atoms with van der Waals surface area (Å²) in [7, 11) is 1.65. The van der Waals surface area contributed by atoms with Crippen LogP contribution >= 0.6 is 0 Å². The average molecular weight is 400 g/mol. The molecule has 0 N–H and O–H groups in total. The molecule has 1 atom stereocenters. The Bertz CT molecular complexity index is 847. The van der Waals surface area contributed by atoms with E-state index in [0.29, 0.717) is 45.1 Å². The second-order valence-electron chi connectivity index (χ2n) is 7.95. The van der Waals surface area contributed by atoms with E-state index < -0.39 is 0 Å². The summed E-state index contributed by atoms with van der Waals surface area (Å²) in [6, 6.07) is 3.85. The Morgan fingerprint density at radius 3 is 3.03 bits per heavy atom. The smallest absolute Gasteiger partial charge is 0.274 e. The van der Waals surface area contributed by atoms with Crippen LogP contribution in [0.5, 0.6) is 0 Å². The summed E-state index contributed by atoms with van der Waals surface area (Å²) < 4.78 is 19.0. The van der Waals surface area contributed by atoms with E-state index in [4.69, 9.17) is 14.2 Å². The number of nitrogens with zero attached hydrogens (tertiary/aromatic N) is 4. The molecule has 2 aliphatic rings. The van der Waals surface area contributed by atoms with Gasteiger partial charge in [0.1, 0.15) is 11.3 Å². The lowest BCUT2D eigenvalue weighted by atomic mass is 9.84. The van der Waals surface area contributed by atoms with Crippen molar-refractivity contribution in [2.24, 2.45) is 0 Å². The van der Waals surface area contributed by atoms with Gasteiger partial charge < -0.3 is 19.1 Å². The molecule has 0 aromatic carbocycles. The Morgan fingerprint density at radius 2 is 2.24 bits per heavy atom. The first-order chi connectivity index (χ1) is 14.1. The number of hydrogen-bond acceptors (Lipinski definition) is 6. The minimum atomic E-state index is -0.290. The highest BCUT2D eigenvalue weighted by Crippen LogP contribution is 2.36. The number of hydrogen-bond donors (Lipinski definition) is 0. The van der Waals surface area contributed by atoms with Gasteiger partial charge >= 0.3 is 0 Å². The average Bonchev–Trinajstić information content (AvgIpc) is 3.17. The normalized spacial score (nSPS) is 20.6. The van der Waals surface area contributed by atoms with Gasteiger partial charge in [-0.15, -0.1) is 0 Å². The number of ether oxygens (including phenoxy) is 3. The van der Waals surface area contributed by atoms with Gasteiger partial charge in [0.25, 0.3) is 5.91 Å². The van der Waals surface area contributed by atoms with E-state index in [0.717, 1.165) is 24.0 Å². The molecule has 2 aliphatic heterocycles. The van der Waals surface area contributed by atoms with Gasteiger partial charge in [0.15, 0.2) is 0 Å². The second-order valence-corrected chi connectivity index (χ2v) is 7.95. The Kier molecular flexibility index (Phi) is 5.94. The lowest BCUT2D eigenvalue weighted by Gasteiger charge is -2.52. The van der Waals surface area contributed by atoms with Crippen LogP contribution in [0.2, 0.25) is 0 Å². The van der Waals surface area contributed by atoms with E-state index >= 15 is 0 Å². The first-order valence-corrected chi connectivity index (χ1v) is 10.0. The molecule has 29 heavy (non-hydrogen) atoms. The number of aryl methyl sites for hydroxylation is 1. The van der Waals surface area contributed by atoms with Gasteiger partial charge in [-0.2, -0.15) is 5.10 Å². The van der Waals surface area contributed by atoms with E-state index in [1.165, 1.54) is 0 Å². The zero-order chi connectivity index (χ0) is 20.3. The highest BCUT2D eigenvalue weighted by molar-refractivity contribution is 5.93. The number of aromatic nitrogens is 3. The fourth-order valence-electron chi connectivity index (χ4n) is 4.00. The summed E-state index contributed by atoms with van der Waals surface area (Å²) in [4.78, 5) is 18.7. The SMILES string of the molecule is COCCn1ccc(C(=O)N2CC3(CC(OCc4cncc(C)c4)CCO3)C2)n1. The van der Waals surface area contributed by atoms with Crippen molar-refractivity contribution in [1.29, 1.82) is 0 Å². The first kappa shape index (κ1) is 20.0. The number of amides is 1. The van der Waals surface area contributed by atoms with Gasteiger partial charge in [-0.3, -0.25) is 14.5 Å². The van der Waals surface area contributed by atoms with Crippen molar-refractivity contribution in [2.45, 2.75) is 44.6 Å². The third kappa shape index (κ3) is 4.66. The lowest BCUT2D eigenvalue weighted by molar-refractivity contribution is -0.188. The summed E-state index contributed by atoms with van der Waals surface area (Å²) in [6.45, 7) is 5.61. The van der Waals surface area contributed by atoms with E-state index in [2.05, 4.69) is 16.1 Å². The Labute approximate surface area is 170 Å². The van der Waals surface area contributed by atoms with Gasteiger partial charge in [0.05, 0.1) is 39.0 Å². The van der Waals surface area contributed by atoms with E-state index in [9.17, 15) is 4.79 Å². The van der Waals surface area contributed by atoms with Crippen LogP contribution in [-0.4, -0.2) is 70.7 Å². The van der Waals surface area contributed by atoms with Gasteiger partial charge in [0.2, 0.25) is 0 Å². The summed E-state index contributed by atoms with van der Waals surface area (Å²) in [5.41, 5.74) is 2.39. The van der Waals surface area contributed by atoms with Crippen molar-refractivity contribution in [3.05, 3.63) is 47.5 Å². The largest absolute Gasteiger partial charge is 0.383 e. The van der Waals surface area contributed by atoms with E-state index in [1.807, 2.05) is 25.5 Å². The quantitative estimate of drug-likeness (QED) is 0.706. The molecule has 2 aromatic heterocycles. The Morgan fingerprint density at radius 1 is 1.38 bits per heavy atom. The van der Waals surface area contributed by atoms with Crippen molar-refractivity contribution in [2.75, 3.05) is 33.4 Å². The Balaban J connectivity index is 1.28. The molecular formula is C21H28N4O4. The van der Waals surface area contributed by atoms with Crippen molar-refractivity contribution in [3.8, 4) is 0 Å². The molecule has 2 aromatic rings. The van der Waals surface area contributed by atoms with Crippen LogP contribution in [0.25, 0.3) is 0 Å². The standard InChI is InChI=1S/C21H28N4O4/c1-16-9-17(12-22-11-16)13-28-18-4-7-29-21(10-18)14-24(15-21)20(26)19-3-5-25(23-19)6-8-27-2/h3,5,9,11-12,18H,4,6-8,10,13-15H2,1-2H3. The molecule has 4 heterocycles. The summed E-state index contributed by atoms with van der Waals surface area (Å²) in [5, 5.41) is 4.34. The van der Waals surface area contributed by atoms with Crippen molar-refractivity contribution < 1.29 is 19.0 Å². The zero-order valence-corrected chi connectivity index (χ0v) is 17.0. The number of pyridine rings is 1. The molecule has 156 valence electrons. The maximum absolute atomic E-state index is 12.7. The third-order valence-corrected chi connectivity index (χ3v) is 5.49. The zero-order valence-electron chi connectivity index (χ0n) is 17.0. The van der Waals surface area contributed by atoms with E-state index in [1.54, 1.807) is 22.8 Å². The molecule has 0 aliphatic carbocycles. The first-order valence-electron chi connectivity index (χ1n) is 10.0. The Hall–Kier alpha value is -2.29. The number of carbonyl (C=O) groups is 1. The van der Waals surface area contributed by atoms with Gasteiger partial charge in [-0.25, -0.2) is 0 Å². The molecule has 0 radical (unpaired) electrons. The summed E-state index contributed by atoms with van der Waals surface area (Å²) in [6.07, 6.45) is 7.31. The molecule has 0 bridgehead atoms. The van der Waals surface area contributed by atoms with Crippen LogP contribution in [0, 0.1) is 6.92 Å². The predicted molar refractivity (Wildman–Crippen MR) is 105 cm³/mol. The van der Waals surface area contributed by atoms with Gasteiger partial charge in [-0.1, -0.05) is 6.07 Å². The fraction of sp³-hybridized carbons (Fsp3) is 0.571. The molecule has 2 saturated heterocycles. The third-order valence-electron chi connectivity index (χ3n) is 5.49. The topological polar surface area (TPSA) is 78.7 Å². The molecule has 0 saturated carbocycles. The maximum Gasteiger partial charge on any atom is 0.274 e. The van der Waals surface area contributed by atoms with Crippen LogP contribution in [0.15, 0.2) is 30.7 Å². The van der Waals surface area contributed by atoms with Crippen LogP contribution in [-0.2, 0) is 27.4 Å². The summed E-state index contributed by atoms with van der Waals surface area (Å²) >= 11 is 0.